The summed E-state index contributed by atoms with van der Waals surface area (Å²) >= 11 is 0. The summed E-state index contributed by atoms with van der Waals surface area (Å²) in [6.45, 7) is 2.69. The number of likely N-dealkylation sites (tertiary alicyclic amines) is 1. The summed E-state index contributed by atoms with van der Waals surface area (Å²) in [4.78, 5) is 13.6. The summed E-state index contributed by atoms with van der Waals surface area (Å²) in [5.74, 6) is -0.156. The molecular formula is C16H24N2O4S. The SMILES string of the molecule is O=C(Nc1ccccc1)C1CC[NH+](CCCCS(=O)(=O)[O-])CC1. The number of carbonyl (C=O) groups excluding carboxylic acids is 1. The van der Waals surface area contributed by atoms with Crippen LogP contribution in [0.3, 0.4) is 0 Å². The molecule has 0 spiro atoms. The Morgan fingerprint density at radius 1 is 1.17 bits per heavy atom. The first kappa shape index (κ1) is 17.9. The zero-order chi connectivity index (χ0) is 16.7. The highest BCUT2D eigenvalue weighted by Crippen LogP contribution is 2.14. The molecule has 0 unspecified atom stereocenters. The van der Waals surface area contributed by atoms with E-state index in [2.05, 4.69) is 5.32 Å². The average Bonchev–Trinajstić information content (AvgIpc) is 2.52. The molecule has 0 saturated carbocycles. The second-order valence-electron chi connectivity index (χ2n) is 6.10. The van der Waals surface area contributed by atoms with Crippen LogP contribution in [-0.2, 0) is 14.9 Å². The number of para-hydroxylation sites is 1. The predicted molar refractivity (Wildman–Crippen MR) is 87.2 cm³/mol. The zero-order valence-electron chi connectivity index (χ0n) is 13.2. The number of hydrogen-bond acceptors (Lipinski definition) is 4. The van der Waals surface area contributed by atoms with Crippen LogP contribution in [0.4, 0.5) is 5.69 Å². The van der Waals surface area contributed by atoms with Crippen molar-refractivity contribution in [1.29, 1.82) is 0 Å². The van der Waals surface area contributed by atoms with Crippen molar-refractivity contribution < 1.29 is 22.7 Å². The lowest BCUT2D eigenvalue weighted by Gasteiger charge is -2.28. The van der Waals surface area contributed by atoms with Crippen LogP contribution < -0.4 is 10.2 Å². The number of unbranched alkanes of at least 4 members (excludes halogenated alkanes) is 1. The molecular weight excluding hydrogens is 316 g/mol. The van der Waals surface area contributed by atoms with E-state index in [0.29, 0.717) is 6.42 Å². The molecule has 1 fully saturated rings. The first-order valence-electron chi connectivity index (χ1n) is 8.07. The van der Waals surface area contributed by atoms with Gasteiger partial charge in [-0.15, -0.1) is 0 Å². The Balaban J connectivity index is 1.66. The molecule has 0 aliphatic carbocycles. The van der Waals surface area contributed by atoms with Crippen LogP contribution in [0.2, 0.25) is 0 Å². The molecule has 1 saturated heterocycles. The van der Waals surface area contributed by atoms with Gasteiger partial charge in [0.2, 0.25) is 5.91 Å². The van der Waals surface area contributed by atoms with Crippen LogP contribution in [0.15, 0.2) is 30.3 Å². The Morgan fingerprint density at radius 3 is 2.43 bits per heavy atom. The van der Waals surface area contributed by atoms with Gasteiger partial charge in [0.1, 0.15) is 0 Å². The zero-order valence-corrected chi connectivity index (χ0v) is 14.0. The number of benzene rings is 1. The van der Waals surface area contributed by atoms with E-state index in [9.17, 15) is 17.8 Å². The van der Waals surface area contributed by atoms with Crippen LogP contribution >= 0.6 is 0 Å². The Labute approximate surface area is 137 Å². The lowest BCUT2D eigenvalue weighted by Crippen LogP contribution is -3.13. The minimum absolute atomic E-state index is 0.0426. The van der Waals surface area contributed by atoms with Gasteiger partial charge in [0.25, 0.3) is 0 Å². The molecule has 0 atom stereocenters. The van der Waals surface area contributed by atoms with Crippen LogP contribution in [0.5, 0.6) is 0 Å². The highest BCUT2D eigenvalue weighted by molar-refractivity contribution is 7.85. The van der Waals surface area contributed by atoms with Gasteiger partial charge in [-0.1, -0.05) is 18.2 Å². The second-order valence-corrected chi connectivity index (χ2v) is 7.62. The molecule has 1 heterocycles. The van der Waals surface area contributed by atoms with E-state index in [0.717, 1.165) is 44.6 Å². The summed E-state index contributed by atoms with van der Waals surface area (Å²) in [5, 5.41) is 2.95. The third kappa shape index (κ3) is 6.68. The van der Waals surface area contributed by atoms with E-state index in [-0.39, 0.29) is 17.6 Å². The fourth-order valence-electron chi connectivity index (χ4n) is 2.96. The van der Waals surface area contributed by atoms with Gasteiger partial charge >= 0.3 is 0 Å². The molecule has 1 aromatic carbocycles. The topological polar surface area (TPSA) is 90.7 Å². The molecule has 2 N–H and O–H groups in total. The van der Waals surface area contributed by atoms with Gasteiger partial charge in [0.15, 0.2) is 0 Å². The third-order valence-electron chi connectivity index (χ3n) is 4.28. The molecule has 0 aromatic heterocycles. The fraction of sp³-hybridized carbons (Fsp3) is 0.562. The van der Waals surface area contributed by atoms with E-state index in [1.807, 2.05) is 30.3 Å². The number of hydrogen-bond donors (Lipinski definition) is 2. The first-order valence-corrected chi connectivity index (χ1v) is 9.65. The number of anilines is 1. The van der Waals surface area contributed by atoms with E-state index in [1.54, 1.807) is 0 Å². The van der Waals surface area contributed by atoms with Gasteiger partial charge in [0, 0.05) is 30.2 Å². The molecule has 1 amide bonds. The molecule has 1 aliphatic rings. The normalized spacial score (nSPS) is 21.8. The largest absolute Gasteiger partial charge is 0.748 e. The second kappa shape index (κ2) is 8.42. The van der Waals surface area contributed by atoms with Crippen molar-refractivity contribution in [3.8, 4) is 0 Å². The van der Waals surface area contributed by atoms with Gasteiger partial charge in [-0.3, -0.25) is 4.79 Å². The van der Waals surface area contributed by atoms with Crippen LogP contribution in [0.1, 0.15) is 25.7 Å². The highest BCUT2D eigenvalue weighted by atomic mass is 32.2. The van der Waals surface area contributed by atoms with E-state index in [4.69, 9.17) is 0 Å². The Kier molecular flexibility index (Phi) is 6.56. The summed E-state index contributed by atoms with van der Waals surface area (Å²) in [6, 6.07) is 9.45. The van der Waals surface area contributed by atoms with Crippen LogP contribution in [-0.4, -0.2) is 44.3 Å². The minimum atomic E-state index is -4.09. The third-order valence-corrected chi connectivity index (χ3v) is 5.07. The number of quaternary nitrogens is 1. The molecule has 128 valence electrons. The summed E-state index contributed by atoms with van der Waals surface area (Å²) < 4.78 is 31.6. The number of piperidine rings is 1. The number of carbonyl (C=O) groups is 1. The van der Waals surface area contributed by atoms with Crippen molar-refractivity contribution in [2.75, 3.05) is 30.7 Å². The van der Waals surface area contributed by atoms with Crippen molar-refractivity contribution in [2.24, 2.45) is 5.92 Å². The smallest absolute Gasteiger partial charge is 0.227 e. The van der Waals surface area contributed by atoms with Crippen molar-refractivity contribution in [3.05, 3.63) is 30.3 Å². The van der Waals surface area contributed by atoms with E-state index in [1.165, 1.54) is 4.90 Å². The number of amides is 1. The van der Waals surface area contributed by atoms with Crippen molar-refractivity contribution >= 4 is 21.7 Å². The van der Waals surface area contributed by atoms with Gasteiger partial charge < -0.3 is 14.8 Å². The summed E-state index contributed by atoms with van der Waals surface area (Å²) in [7, 11) is -4.09. The van der Waals surface area contributed by atoms with Crippen LogP contribution in [0, 0.1) is 5.92 Å². The monoisotopic (exact) mass is 340 g/mol. The first-order chi connectivity index (χ1) is 10.9. The average molecular weight is 340 g/mol. The van der Waals surface area contributed by atoms with Crippen molar-refractivity contribution in [1.82, 2.24) is 0 Å². The Bertz CT molecular complexity index is 596. The Morgan fingerprint density at radius 2 is 1.83 bits per heavy atom. The van der Waals surface area contributed by atoms with Crippen molar-refractivity contribution in [3.63, 3.8) is 0 Å². The standard InChI is InChI=1S/C16H24N2O4S/c19-16(17-15-6-2-1-3-7-15)14-8-11-18(12-9-14)10-4-5-13-23(20,21)22/h1-3,6-7,14H,4-5,8-13H2,(H,17,19)(H,20,21,22). The van der Waals surface area contributed by atoms with Crippen LogP contribution in [0.25, 0.3) is 0 Å². The van der Waals surface area contributed by atoms with Gasteiger partial charge in [0.05, 0.1) is 29.8 Å². The highest BCUT2D eigenvalue weighted by Gasteiger charge is 2.27. The van der Waals surface area contributed by atoms with Gasteiger partial charge in [-0.05, 0) is 25.0 Å². The lowest BCUT2D eigenvalue weighted by atomic mass is 9.95. The molecule has 1 aromatic rings. The van der Waals surface area contributed by atoms with Gasteiger partial charge in [-0.2, -0.15) is 0 Å². The lowest BCUT2D eigenvalue weighted by molar-refractivity contribution is -0.906. The van der Waals surface area contributed by atoms with Gasteiger partial charge in [-0.25, -0.2) is 8.42 Å². The quantitative estimate of drug-likeness (QED) is 0.550. The number of nitrogens with one attached hydrogen (secondary N) is 2. The summed E-state index contributed by atoms with van der Waals surface area (Å²) in [5.41, 5.74) is 0.825. The molecule has 7 heteroatoms. The number of rotatable bonds is 7. The molecule has 6 nitrogen and oxygen atoms in total. The van der Waals surface area contributed by atoms with Crippen molar-refractivity contribution in [2.45, 2.75) is 25.7 Å². The minimum Gasteiger partial charge on any atom is -0.748 e. The molecule has 0 bridgehead atoms. The molecule has 23 heavy (non-hydrogen) atoms. The molecule has 0 radical (unpaired) electrons. The summed E-state index contributed by atoms with van der Waals surface area (Å²) in [6.07, 6.45) is 2.84. The molecule has 1 aliphatic heterocycles. The maximum absolute atomic E-state index is 12.2. The maximum atomic E-state index is 12.2. The predicted octanol–water partition coefficient (Wildman–Crippen LogP) is 0.245. The van der Waals surface area contributed by atoms with E-state index >= 15 is 0 Å². The van der Waals surface area contributed by atoms with E-state index < -0.39 is 10.1 Å². The Hall–Kier alpha value is -1.44. The maximum Gasteiger partial charge on any atom is 0.227 e. The molecule has 2 rings (SSSR count). The fourth-order valence-corrected chi connectivity index (χ4v) is 3.52.